The number of benzene rings is 2. The maximum absolute atomic E-state index is 13.5. The Bertz CT molecular complexity index is 674. The summed E-state index contributed by atoms with van der Waals surface area (Å²) in [4.78, 5) is 0. The molecule has 0 radical (unpaired) electrons. The summed E-state index contributed by atoms with van der Waals surface area (Å²) in [5, 5.41) is 0. The van der Waals surface area contributed by atoms with Crippen LogP contribution in [0.3, 0.4) is 0 Å². The second-order valence-corrected chi connectivity index (χ2v) is 4.64. The van der Waals surface area contributed by atoms with Crippen LogP contribution in [0.1, 0.15) is 17.5 Å². The fraction of sp³-hybridized carbons (Fsp3) is 0.176. The van der Waals surface area contributed by atoms with Crippen LogP contribution in [-0.2, 0) is 6.61 Å². The standard InChI is InChI=1S/C17H13ClF2O/c18-10-4-3-6-13-5-1-2-7-17(13)21-12-14-8-9-15(19)11-16(14)20/h1-2,5,7-9,11H,4,10,12H2. The molecule has 2 aromatic carbocycles. The first-order chi connectivity index (χ1) is 10.2. The molecule has 0 aliphatic rings. The first-order valence-corrected chi connectivity index (χ1v) is 6.95. The maximum atomic E-state index is 13.5. The van der Waals surface area contributed by atoms with Gasteiger partial charge in [0.25, 0.3) is 0 Å². The second kappa shape index (κ2) is 7.66. The van der Waals surface area contributed by atoms with Gasteiger partial charge in [0, 0.05) is 23.9 Å². The van der Waals surface area contributed by atoms with E-state index in [0.29, 0.717) is 29.2 Å². The third-order valence-electron chi connectivity index (χ3n) is 2.73. The molecule has 1 nitrogen and oxygen atoms in total. The summed E-state index contributed by atoms with van der Waals surface area (Å²) < 4.78 is 32.0. The van der Waals surface area contributed by atoms with Crippen molar-refractivity contribution in [2.24, 2.45) is 0 Å². The van der Waals surface area contributed by atoms with Crippen molar-refractivity contribution < 1.29 is 13.5 Å². The monoisotopic (exact) mass is 306 g/mol. The first-order valence-electron chi connectivity index (χ1n) is 6.41. The highest BCUT2D eigenvalue weighted by Crippen LogP contribution is 2.19. The van der Waals surface area contributed by atoms with Crippen LogP contribution in [0.4, 0.5) is 8.78 Å². The summed E-state index contributed by atoms with van der Waals surface area (Å²) in [7, 11) is 0. The zero-order valence-corrected chi connectivity index (χ0v) is 12.0. The largest absolute Gasteiger partial charge is 0.487 e. The lowest BCUT2D eigenvalue weighted by molar-refractivity contribution is 0.298. The van der Waals surface area contributed by atoms with Crippen molar-refractivity contribution in [1.29, 1.82) is 0 Å². The summed E-state index contributed by atoms with van der Waals surface area (Å²) in [5.74, 6) is 5.68. The third-order valence-corrected chi connectivity index (χ3v) is 2.92. The molecule has 0 amide bonds. The van der Waals surface area contributed by atoms with Crippen LogP contribution in [0.15, 0.2) is 42.5 Å². The molecule has 0 aliphatic heterocycles. The minimum Gasteiger partial charge on any atom is -0.487 e. The SMILES string of the molecule is Fc1ccc(COc2ccccc2C#CCCCl)c(F)c1. The highest BCUT2D eigenvalue weighted by Gasteiger charge is 2.06. The summed E-state index contributed by atoms with van der Waals surface area (Å²) in [6.07, 6.45) is 0.586. The van der Waals surface area contributed by atoms with E-state index < -0.39 is 11.6 Å². The highest BCUT2D eigenvalue weighted by atomic mass is 35.5. The van der Waals surface area contributed by atoms with Gasteiger partial charge in [-0.05, 0) is 24.3 Å². The number of para-hydroxylation sites is 1. The van der Waals surface area contributed by atoms with Crippen molar-refractivity contribution in [3.8, 4) is 17.6 Å². The molecular weight excluding hydrogens is 294 g/mol. The van der Waals surface area contributed by atoms with Gasteiger partial charge in [-0.25, -0.2) is 8.78 Å². The zero-order valence-electron chi connectivity index (χ0n) is 11.2. The lowest BCUT2D eigenvalue weighted by Crippen LogP contribution is -2.00. The lowest BCUT2D eigenvalue weighted by atomic mass is 10.2. The van der Waals surface area contributed by atoms with Crippen LogP contribution in [0.5, 0.6) is 5.75 Å². The van der Waals surface area contributed by atoms with Crippen LogP contribution in [0.25, 0.3) is 0 Å². The molecule has 2 rings (SSSR count). The van der Waals surface area contributed by atoms with Gasteiger partial charge in [0.2, 0.25) is 0 Å². The molecule has 2 aromatic rings. The fourth-order valence-corrected chi connectivity index (χ4v) is 1.79. The Hall–Kier alpha value is -2.05. The average molecular weight is 307 g/mol. The quantitative estimate of drug-likeness (QED) is 0.596. The normalized spacial score (nSPS) is 9.86. The van der Waals surface area contributed by atoms with Crippen LogP contribution >= 0.6 is 11.6 Å². The van der Waals surface area contributed by atoms with Crippen molar-refractivity contribution in [3.05, 3.63) is 65.2 Å². The lowest BCUT2D eigenvalue weighted by Gasteiger charge is -2.09. The van der Waals surface area contributed by atoms with Crippen LogP contribution < -0.4 is 4.74 Å². The predicted octanol–water partition coefficient (Wildman–Crippen LogP) is 4.52. The van der Waals surface area contributed by atoms with E-state index in [2.05, 4.69) is 11.8 Å². The van der Waals surface area contributed by atoms with Gasteiger partial charge >= 0.3 is 0 Å². The topological polar surface area (TPSA) is 9.23 Å². The molecular formula is C17H13ClF2O. The number of rotatable bonds is 4. The molecule has 0 aliphatic carbocycles. The molecule has 0 spiro atoms. The minimum atomic E-state index is -0.624. The van der Waals surface area contributed by atoms with Crippen molar-refractivity contribution >= 4 is 11.6 Å². The van der Waals surface area contributed by atoms with Crippen LogP contribution in [0, 0.1) is 23.5 Å². The van der Waals surface area contributed by atoms with E-state index in [4.69, 9.17) is 16.3 Å². The minimum absolute atomic E-state index is 0.0142. The predicted molar refractivity (Wildman–Crippen MR) is 79.3 cm³/mol. The van der Waals surface area contributed by atoms with E-state index in [-0.39, 0.29) is 6.61 Å². The molecule has 0 bridgehead atoms. The Labute approximate surface area is 127 Å². The van der Waals surface area contributed by atoms with Crippen LogP contribution in [-0.4, -0.2) is 5.88 Å². The van der Waals surface area contributed by atoms with Crippen LogP contribution in [0.2, 0.25) is 0 Å². The van der Waals surface area contributed by atoms with E-state index >= 15 is 0 Å². The molecule has 108 valence electrons. The van der Waals surface area contributed by atoms with Gasteiger partial charge < -0.3 is 4.74 Å². The van der Waals surface area contributed by atoms with Crippen molar-refractivity contribution in [2.75, 3.05) is 5.88 Å². The summed E-state index contributed by atoms with van der Waals surface area (Å²) >= 11 is 5.57. The van der Waals surface area contributed by atoms with E-state index in [1.54, 1.807) is 6.07 Å². The Kier molecular flexibility index (Phi) is 5.59. The number of hydrogen-bond donors (Lipinski definition) is 0. The van der Waals surface area contributed by atoms with Gasteiger partial charge in [0.15, 0.2) is 0 Å². The number of ether oxygens (including phenoxy) is 1. The number of halogens is 3. The molecule has 0 N–H and O–H groups in total. The second-order valence-electron chi connectivity index (χ2n) is 4.26. The van der Waals surface area contributed by atoms with E-state index in [1.807, 2.05) is 18.2 Å². The first kappa shape index (κ1) is 15.3. The molecule has 4 heteroatoms. The van der Waals surface area contributed by atoms with Crippen molar-refractivity contribution in [2.45, 2.75) is 13.0 Å². The Morgan fingerprint density at radius 1 is 1.10 bits per heavy atom. The smallest absolute Gasteiger partial charge is 0.135 e. The van der Waals surface area contributed by atoms with Gasteiger partial charge in [-0.3, -0.25) is 0 Å². The van der Waals surface area contributed by atoms with Gasteiger partial charge in [0.1, 0.15) is 24.0 Å². The summed E-state index contributed by atoms with van der Waals surface area (Å²) in [6.45, 7) is 0.0142. The Balaban J connectivity index is 2.11. The van der Waals surface area contributed by atoms with Gasteiger partial charge in [-0.15, -0.1) is 11.6 Å². The number of alkyl halides is 1. The van der Waals surface area contributed by atoms with Gasteiger partial charge in [-0.1, -0.05) is 24.0 Å². The molecule has 0 aromatic heterocycles. The number of hydrogen-bond acceptors (Lipinski definition) is 1. The van der Waals surface area contributed by atoms with Gasteiger partial charge in [-0.2, -0.15) is 0 Å². The molecule has 0 heterocycles. The summed E-state index contributed by atoms with van der Waals surface area (Å²) in [6, 6.07) is 10.6. The Morgan fingerprint density at radius 2 is 1.90 bits per heavy atom. The zero-order chi connectivity index (χ0) is 15.1. The Morgan fingerprint density at radius 3 is 2.67 bits per heavy atom. The average Bonchev–Trinajstić information content (AvgIpc) is 2.48. The molecule has 0 saturated carbocycles. The maximum Gasteiger partial charge on any atom is 0.135 e. The molecule has 0 atom stereocenters. The molecule has 0 unspecified atom stereocenters. The van der Waals surface area contributed by atoms with Gasteiger partial charge in [0.05, 0.1) is 5.56 Å². The summed E-state index contributed by atoms with van der Waals surface area (Å²) in [5.41, 5.74) is 1.00. The third kappa shape index (κ3) is 4.47. The highest BCUT2D eigenvalue weighted by molar-refractivity contribution is 6.18. The van der Waals surface area contributed by atoms with Crippen molar-refractivity contribution in [3.63, 3.8) is 0 Å². The molecule has 21 heavy (non-hydrogen) atoms. The van der Waals surface area contributed by atoms with E-state index in [9.17, 15) is 8.78 Å². The van der Waals surface area contributed by atoms with Crippen molar-refractivity contribution in [1.82, 2.24) is 0 Å². The molecule has 0 fully saturated rings. The van der Waals surface area contributed by atoms with E-state index in [0.717, 1.165) is 6.07 Å². The fourth-order valence-electron chi connectivity index (χ4n) is 1.69. The van der Waals surface area contributed by atoms with E-state index in [1.165, 1.54) is 12.1 Å². The molecule has 0 saturated heterocycles.